The van der Waals surface area contributed by atoms with Gasteiger partial charge in [0.25, 0.3) is 5.91 Å². The lowest BCUT2D eigenvalue weighted by molar-refractivity contribution is 0.0931. The van der Waals surface area contributed by atoms with Crippen molar-refractivity contribution in [2.45, 2.75) is 32.0 Å². The second-order valence-corrected chi connectivity index (χ2v) is 6.51. The zero-order chi connectivity index (χ0) is 16.4. The maximum atomic E-state index is 12.5. The lowest BCUT2D eigenvalue weighted by Gasteiger charge is -2.33. The van der Waals surface area contributed by atoms with Gasteiger partial charge in [0.1, 0.15) is 5.82 Å². The van der Waals surface area contributed by atoms with Crippen LogP contribution < -0.4 is 15.5 Å². The summed E-state index contributed by atoms with van der Waals surface area (Å²) in [6.45, 7) is 3.62. The summed E-state index contributed by atoms with van der Waals surface area (Å²) in [7, 11) is 0. The molecule has 1 amide bonds. The Kier molecular flexibility index (Phi) is 4.17. The molecular weight excluding hydrogens is 300 g/mol. The van der Waals surface area contributed by atoms with Crippen LogP contribution in [0.1, 0.15) is 34.3 Å². The van der Waals surface area contributed by atoms with Crippen molar-refractivity contribution in [1.29, 1.82) is 0 Å². The molecular formula is C19H22N4O. The van der Waals surface area contributed by atoms with Crippen LogP contribution in [0, 0.1) is 0 Å². The Bertz CT molecular complexity index is 723. The Morgan fingerprint density at radius 3 is 2.75 bits per heavy atom. The number of benzene rings is 1. The third-order valence-electron chi connectivity index (χ3n) is 4.90. The van der Waals surface area contributed by atoms with Gasteiger partial charge in [0, 0.05) is 44.0 Å². The SMILES string of the molecule is O=C(NC1CCN(c2ccccn2)CC1)c1ccc2c(c1)CNC2. The molecule has 0 saturated carbocycles. The van der Waals surface area contributed by atoms with Gasteiger partial charge in [-0.05, 0) is 48.2 Å². The number of anilines is 1. The van der Waals surface area contributed by atoms with Gasteiger partial charge in [-0.2, -0.15) is 0 Å². The highest BCUT2D eigenvalue weighted by Crippen LogP contribution is 2.19. The van der Waals surface area contributed by atoms with Crippen LogP contribution in [0.4, 0.5) is 5.82 Å². The number of piperidine rings is 1. The van der Waals surface area contributed by atoms with Crippen molar-refractivity contribution in [3.05, 3.63) is 59.3 Å². The van der Waals surface area contributed by atoms with Gasteiger partial charge in [0.15, 0.2) is 0 Å². The van der Waals surface area contributed by atoms with Crippen LogP contribution in [0.15, 0.2) is 42.6 Å². The first-order valence-corrected chi connectivity index (χ1v) is 8.59. The highest BCUT2D eigenvalue weighted by Gasteiger charge is 2.22. The van der Waals surface area contributed by atoms with Crippen molar-refractivity contribution < 1.29 is 4.79 Å². The minimum atomic E-state index is 0.0426. The first-order chi connectivity index (χ1) is 11.8. The quantitative estimate of drug-likeness (QED) is 0.908. The van der Waals surface area contributed by atoms with Gasteiger partial charge >= 0.3 is 0 Å². The Hall–Kier alpha value is -2.40. The highest BCUT2D eigenvalue weighted by molar-refractivity contribution is 5.94. The van der Waals surface area contributed by atoms with Gasteiger partial charge in [-0.25, -0.2) is 4.98 Å². The van der Waals surface area contributed by atoms with E-state index >= 15 is 0 Å². The van der Waals surface area contributed by atoms with E-state index in [0.29, 0.717) is 0 Å². The molecule has 24 heavy (non-hydrogen) atoms. The number of carbonyl (C=O) groups excluding carboxylic acids is 1. The Morgan fingerprint density at radius 1 is 1.12 bits per heavy atom. The Balaban J connectivity index is 1.34. The molecule has 1 fully saturated rings. The predicted molar refractivity (Wildman–Crippen MR) is 93.9 cm³/mol. The molecule has 2 aromatic rings. The summed E-state index contributed by atoms with van der Waals surface area (Å²) in [4.78, 5) is 19.2. The maximum Gasteiger partial charge on any atom is 0.251 e. The van der Waals surface area contributed by atoms with Crippen LogP contribution in [-0.4, -0.2) is 30.0 Å². The zero-order valence-corrected chi connectivity index (χ0v) is 13.7. The van der Waals surface area contributed by atoms with E-state index in [4.69, 9.17) is 0 Å². The topological polar surface area (TPSA) is 57.3 Å². The summed E-state index contributed by atoms with van der Waals surface area (Å²) in [5, 5.41) is 6.50. The molecule has 2 aliphatic heterocycles. The molecule has 2 N–H and O–H groups in total. The van der Waals surface area contributed by atoms with Crippen LogP contribution in [0.2, 0.25) is 0 Å². The van der Waals surface area contributed by atoms with Gasteiger partial charge in [-0.1, -0.05) is 12.1 Å². The molecule has 5 nitrogen and oxygen atoms in total. The van der Waals surface area contributed by atoms with Crippen molar-refractivity contribution in [3.8, 4) is 0 Å². The van der Waals surface area contributed by atoms with Crippen LogP contribution in [0.25, 0.3) is 0 Å². The van der Waals surface area contributed by atoms with E-state index < -0.39 is 0 Å². The fourth-order valence-electron chi connectivity index (χ4n) is 3.50. The largest absolute Gasteiger partial charge is 0.356 e. The number of amides is 1. The number of fused-ring (bicyclic) bond motifs is 1. The number of nitrogens with zero attached hydrogens (tertiary/aromatic N) is 2. The van der Waals surface area contributed by atoms with Crippen molar-refractivity contribution in [1.82, 2.24) is 15.6 Å². The number of nitrogens with one attached hydrogen (secondary N) is 2. The first-order valence-electron chi connectivity index (χ1n) is 8.59. The van der Waals surface area contributed by atoms with E-state index in [9.17, 15) is 4.79 Å². The van der Waals surface area contributed by atoms with Gasteiger partial charge < -0.3 is 15.5 Å². The van der Waals surface area contributed by atoms with Crippen molar-refractivity contribution >= 4 is 11.7 Å². The first kappa shape index (κ1) is 15.1. The van der Waals surface area contributed by atoms with Gasteiger partial charge in [-0.15, -0.1) is 0 Å². The van der Waals surface area contributed by atoms with E-state index in [1.165, 1.54) is 11.1 Å². The maximum absolute atomic E-state index is 12.5. The molecule has 0 unspecified atom stereocenters. The number of hydrogen-bond acceptors (Lipinski definition) is 4. The molecule has 0 radical (unpaired) electrons. The molecule has 0 spiro atoms. The van der Waals surface area contributed by atoms with Gasteiger partial charge in [0.2, 0.25) is 0 Å². The standard InChI is InChI=1S/C19H22N4O/c24-19(14-4-5-15-12-20-13-16(15)11-14)22-17-6-9-23(10-7-17)18-3-1-2-8-21-18/h1-5,8,11,17,20H,6-7,9-10,12-13H2,(H,22,24). The summed E-state index contributed by atoms with van der Waals surface area (Å²) in [6.07, 6.45) is 3.73. The fraction of sp³-hybridized carbons (Fsp3) is 0.368. The van der Waals surface area contributed by atoms with Crippen molar-refractivity contribution in [3.63, 3.8) is 0 Å². The minimum Gasteiger partial charge on any atom is -0.356 e. The van der Waals surface area contributed by atoms with E-state index in [-0.39, 0.29) is 11.9 Å². The second-order valence-electron chi connectivity index (χ2n) is 6.51. The number of hydrogen-bond donors (Lipinski definition) is 2. The number of aromatic nitrogens is 1. The molecule has 0 atom stereocenters. The summed E-state index contributed by atoms with van der Waals surface area (Å²) in [6, 6.07) is 12.2. The van der Waals surface area contributed by atoms with Crippen LogP contribution in [0.3, 0.4) is 0 Å². The summed E-state index contributed by atoms with van der Waals surface area (Å²) in [5.41, 5.74) is 3.31. The van der Waals surface area contributed by atoms with Crippen LogP contribution in [-0.2, 0) is 13.1 Å². The van der Waals surface area contributed by atoms with Gasteiger partial charge in [0.05, 0.1) is 0 Å². The van der Waals surface area contributed by atoms with Crippen LogP contribution in [0.5, 0.6) is 0 Å². The highest BCUT2D eigenvalue weighted by atomic mass is 16.1. The monoisotopic (exact) mass is 322 g/mol. The van der Waals surface area contributed by atoms with Crippen LogP contribution >= 0.6 is 0 Å². The molecule has 4 rings (SSSR count). The van der Waals surface area contributed by atoms with E-state index in [1.54, 1.807) is 0 Å². The van der Waals surface area contributed by atoms with E-state index in [0.717, 1.165) is 50.4 Å². The molecule has 2 aliphatic rings. The van der Waals surface area contributed by atoms with E-state index in [1.807, 2.05) is 36.5 Å². The molecule has 124 valence electrons. The lowest BCUT2D eigenvalue weighted by Crippen LogP contribution is -2.45. The third kappa shape index (κ3) is 3.12. The molecule has 0 bridgehead atoms. The van der Waals surface area contributed by atoms with Crippen molar-refractivity contribution in [2.75, 3.05) is 18.0 Å². The molecule has 1 aromatic heterocycles. The minimum absolute atomic E-state index is 0.0426. The number of pyridine rings is 1. The molecule has 0 aliphatic carbocycles. The normalized spacial score (nSPS) is 17.6. The third-order valence-corrected chi connectivity index (χ3v) is 4.90. The zero-order valence-electron chi connectivity index (χ0n) is 13.7. The molecule has 3 heterocycles. The Labute approximate surface area is 142 Å². The smallest absolute Gasteiger partial charge is 0.251 e. The molecule has 5 heteroatoms. The Morgan fingerprint density at radius 2 is 1.96 bits per heavy atom. The average molecular weight is 322 g/mol. The summed E-state index contributed by atoms with van der Waals surface area (Å²) >= 11 is 0. The molecule has 1 saturated heterocycles. The summed E-state index contributed by atoms with van der Waals surface area (Å²) in [5.74, 6) is 1.06. The second kappa shape index (κ2) is 6.61. The predicted octanol–water partition coefficient (Wildman–Crippen LogP) is 2.08. The van der Waals surface area contributed by atoms with Crippen molar-refractivity contribution in [2.24, 2.45) is 0 Å². The number of carbonyl (C=O) groups is 1. The fourth-order valence-corrected chi connectivity index (χ4v) is 3.50. The van der Waals surface area contributed by atoms with Gasteiger partial charge in [-0.3, -0.25) is 4.79 Å². The summed E-state index contributed by atoms with van der Waals surface area (Å²) < 4.78 is 0. The number of rotatable bonds is 3. The average Bonchev–Trinajstić information content (AvgIpc) is 3.11. The lowest BCUT2D eigenvalue weighted by atomic mass is 10.0. The molecule has 1 aromatic carbocycles. The van der Waals surface area contributed by atoms with E-state index in [2.05, 4.69) is 26.6 Å².